The molecule has 0 amide bonds. The molecule has 0 saturated carbocycles. The van der Waals surface area contributed by atoms with Crippen LogP contribution in [0.4, 0.5) is 0 Å². The minimum Gasteiger partial charge on any atom is -0.307 e. The van der Waals surface area contributed by atoms with Gasteiger partial charge in [0.15, 0.2) is 0 Å². The lowest BCUT2D eigenvalue weighted by Crippen LogP contribution is -2.31. The molecule has 1 unspecified atom stereocenters. The van der Waals surface area contributed by atoms with E-state index in [0.717, 1.165) is 17.9 Å². The highest BCUT2D eigenvalue weighted by atomic mass is 35.5. The average molecular weight is 272 g/mol. The monoisotopic (exact) mass is 271 g/mol. The van der Waals surface area contributed by atoms with Crippen LogP contribution < -0.4 is 5.32 Å². The van der Waals surface area contributed by atoms with Gasteiger partial charge in [0.05, 0.1) is 0 Å². The van der Waals surface area contributed by atoms with Crippen molar-refractivity contribution in [3.8, 4) is 0 Å². The Balaban J connectivity index is 1.67. The van der Waals surface area contributed by atoms with Crippen LogP contribution in [-0.4, -0.2) is 6.04 Å². The standard InChI is InChI=1S/C17H18ClN/c1-12(13-5-3-2-4-6-13)19-17-10-14-7-8-16(18)9-15(14)11-17/h2-9,12,17,19H,10-11H2,1H3/t12-,17?/m1/s1. The first kappa shape index (κ1) is 12.7. The second-order valence-corrected chi connectivity index (χ2v) is 5.75. The zero-order valence-electron chi connectivity index (χ0n) is 11.1. The normalized spacial score (nSPS) is 19.2. The Morgan fingerprint density at radius 3 is 2.58 bits per heavy atom. The van der Waals surface area contributed by atoms with Crippen molar-refractivity contribution in [2.75, 3.05) is 0 Å². The molecule has 2 aromatic carbocycles. The molecule has 19 heavy (non-hydrogen) atoms. The van der Waals surface area contributed by atoms with E-state index < -0.39 is 0 Å². The zero-order chi connectivity index (χ0) is 13.2. The highest BCUT2D eigenvalue weighted by molar-refractivity contribution is 6.30. The summed E-state index contributed by atoms with van der Waals surface area (Å²) in [5.74, 6) is 0. The van der Waals surface area contributed by atoms with Crippen molar-refractivity contribution in [1.82, 2.24) is 5.32 Å². The molecule has 0 aromatic heterocycles. The second-order valence-electron chi connectivity index (χ2n) is 5.32. The fraction of sp³-hybridized carbons (Fsp3) is 0.294. The first-order valence-corrected chi connectivity index (χ1v) is 7.18. The van der Waals surface area contributed by atoms with Crippen molar-refractivity contribution in [3.05, 3.63) is 70.2 Å². The van der Waals surface area contributed by atoms with Gasteiger partial charge in [0.1, 0.15) is 0 Å². The molecule has 3 rings (SSSR count). The molecule has 0 heterocycles. The summed E-state index contributed by atoms with van der Waals surface area (Å²) >= 11 is 6.05. The fourth-order valence-corrected chi connectivity index (χ4v) is 3.09. The molecule has 1 aliphatic carbocycles. The third-order valence-corrected chi connectivity index (χ3v) is 4.12. The van der Waals surface area contributed by atoms with Crippen LogP contribution in [0.3, 0.4) is 0 Å². The maximum Gasteiger partial charge on any atom is 0.0408 e. The molecule has 1 nitrogen and oxygen atoms in total. The topological polar surface area (TPSA) is 12.0 Å². The summed E-state index contributed by atoms with van der Waals surface area (Å²) in [6.07, 6.45) is 2.18. The summed E-state index contributed by atoms with van der Waals surface area (Å²) in [6, 6.07) is 17.8. The van der Waals surface area contributed by atoms with Crippen LogP contribution in [0.2, 0.25) is 5.02 Å². The molecular formula is C17H18ClN. The molecule has 0 bridgehead atoms. The van der Waals surface area contributed by atoms with Gasteiger partial charge in [0.25, 0.3) is 0 Å². The molecule has 0 fully saturated rings. The van der Waals surface area contributed by atoms with E-state index in [1.165, 1.54) is 16.7 Å². The maximum atomic E-state index is 6.05. The van der Waals surface area contributed by atoms with Gasteiger partial charge in [-0.2, -0.15) is 0 Å². The van der Waals surface area contributed by atoms with Gasteiger partial charge in [-0.1, -0.05) is 48.0 Å². The number of rotatable bonds is 3. The Morgan fingerprint density at radius 2 is 1.79 bits per heavy atom. The van der Waals surface area contributed by atoms with Crippen molar-refractivity contribution in [2.24, 2.45) is 0 Å². The predicted octanol–water partition coefficient (Wildman–Crippen LogP) is 4.16. The van der Waals surface area contributed by atoms with Crippen LogP contribution in [-0.2, 0) is 12.8 Å². The number of benzene rings is 2. The van der Waals surface area contributed by atoms with Gasteiger partial charge >= 0.3 is 0 Å². The van der Waals surface area contributed by atoms with Crippen molar-refractivity contribution >= 4 is 11.6 Å². The van der Waals surface area contributed by atoms with E-state index in [1.807, 2.05) is 6.07 Å². The van der Waals surface area contributed by atoms with E-state index in [9.17, 15) is 0 Å². The Bertz CT molecular complexity index is 565. The molecule has 0 radical (unpaired) electrons. The summed E-state index contributed by atoms with van der Waals surface area (Å²) in [7, 11) is 0. The first-order chi connectivity index (χ1) is 9.22. The third-order valence-electron chi connectivity index (χ3n) is 3.89. The molecule has 2 atom stereocenters. The van der Waals surface area contributed by atoms with Gasteiger partial charge in [-0.3, -0.25) is 0 Å². The van der Waals surface area contributed by atoms with Crippen LogP contribution in [0, 0.1) is 0 Å². The highest BCUT2D eigenvalue weighted by Gasteiger charge is 2.22. The quantitative estimate of drug-likeness (QED) is 0.884. The molecule has 1 N–H and O–H groups in total. The number of halogens is 1. The second kappa shape index (κ2) is 5.36. The van der Waals surface area contributed by atoms with Crippen molar-refractivity contribution in [3.63, 3.8) is 0 Å². The Labute approximate surface area is 119 Å². The minimum absolute atomic E-state index is 0.385. The van der Waals surface area contributed by atoms with E-state index in [1.54, 1.807) is 0 Å². The van der Waals surface area contributed by atoms with E-state index in [4.69, 9.17) is 11.6 Å². The molecule has 0 aliphatic heterocycles. The number of fused-ring (bicyclic) bond motifs is 1. The Kier molecular flexibility index (Phi) is 3.58. The van der Waals surface area contributed by atoms with Crippen LogP contribution in [0.5, 0.6) is 0 Å². The number of nitrogens with one attached hydrogen (secondary N) is 1. The Morgan fingerprint density at radius 1 is 1.05 bits per heavy atom. The summed E-state index contributed by atoms with van der Waals surface area (Å²) in [4.78, 5) is 0. The lowest BCUT2D eigenvalue weighted by molar-refractivity contribution is 0.467. The third kappa shape index (κ3) is 2.83. The van der Waals surface area contributed by atoms with Crippen molar-refractivity contribution in [2.45, 2.75) is 31.8 Å². The summed E-state index contributed by atoms with van der Waals surface area (Å²) in [5, 5.41) is 4.56. The summed E-state index contributed by atoms with van der Waals surface area (Å²) < 4.78 is 0. The fourth-order valence-electron chi connectivity index (χ4n) is 2.90. The first-order valence-electron chi connectivity index (χ1n) is 6.80. The van der Waals surface area contributed by atoms with Gasteiger partial charge in [-0.15, -0.1) is 0 Å². The van der Waals surface area contributed by atoms with Crippen LogP contribution in [0.25, 0.3) is 0 Å². The van der Waals surface area contributed by atoms with E-state index >= 15 is 0 Å². The lowest BCUT2D eigenvalue weighted by atomic mass is 10.1. The minimum atomic E-state index is 0.385. The SMILES string of the molecule is C[C@@H](NC1Cc2ccc(Cl)cc2C1)c1ccccc1. The van der Waals surface area contributed by atoms with Gasteiger partial charge < -0.3 is 5.32 Å². The smallest absolute Gasteiger partial charge is 0.0408 e. The molecule has 2 heteroatoms. The lowest BCUT2D eigenvalue weighted by Gasteiger charge is -2.19. The number of hydrogen-bond acceptors (Lipinski definition) is 1. The van der Waals surface area contributed by atoms with Gasteiger partial charge in [0, 0.05) is 17.1 Å². The largest absolute Gasteiger partial charge is 0.307 e. The number of hydrogen-bond donors (Lipinski definition) is 1. The van der Waals surface area contributed by atoms with E-state index in [-0.39, 0.29) is 0 Å². The highest BCUT2D eigenvalue weighted by Crippen LogP contribution is 2.26. The average Bonchev–Trinajstić information content (AvgIpc) is 2.81. The van der Waals surface area contributed by atoms with E-state index in [0.29, 0.717) is 12.1 Å². The molecule has 2 aromatic rings. The van der Waals surface area contributed by atoms with Crippen LogP contribution in [0.1, 0.15) is 29.7 Å². The van der Waals surface area contributed by atoms with E-state index in [2.05, 4.69) is 54.7 Å². The summed E-state index contributed by atoms with van der Waals surface area (Å²) in [6.45, 7) is 2.23. The zero-order valence-corrected chi connectivity index (χ0v) is 11.8. The predicted molar refractivity (Wildman–Crippen MR) is 80.6 cm³/mol. The molecule has 0 spiro atoms. The van der Waals surface area contributed by atoms with Gasteiger partial charge in [-0.25, -0.2) is 0 Å². The molecule has 0 saturated heterocycles. The molecule has 98 valence electrons. The van der Waals surface area contributed by atoms with Crippen molar-refractivity contribution in [1.29, 1.82) is 0 Å². The van der Waals surface area contributed by atoms with Crippen LogP contribution in [0.15, 0.2) is 48.5 Å². The van der Waals surface area contributed by atoms with Gasteiger partial charge in [-0.05, 0) is 48.6 Å². The Hall–Kier alpha value is -1.31. The van der Waals surface area contributed by atoms with Crippen LogP contribution >= 0.6 is 11.6 Å². The molecular weight excluding hydrogens is 254 g/mol. The maximum absolute atomic E-state index is 6.05. The van der Waals surface area contributed by atoms with Gasteiger partial charge in [0.2, 0.25) is 0 Å². The summed E-state index contributed by atoms with van der Waals surface area (Å²) in [5.41, 5.74) is 4.17. The molecule has 1 aliphatic rings. The van der Waals surface area contributed by atoms with Crippen molar-refractivity contribution < 1.29 is 0 Å².